The van der Waals surface area contributed by atoms with Gasteiger partial charge >= 0.3 is 0 Å². The van der Waals surface area contributed by atoms with Crippen LogP contribution in [0.15, 0.2) is 187 Å². The van der Waals surface area contributed by atoms with E-state index in [4.69, 9.17) is 19.9 Å². The minimum absolute atomic E-state index is 0.523. The van der Waals surface area contributed by atoms with Gasteiger partial charge in [-0.1, -0.05) is 158 Å². The van der Waals surface area contributed by atoms with Crippen molar-refractivity contribution in [2.75, 3.05) is 0 Å². The van der Waals surface area contributed by atoms with Crippen LogP contribution in [0.2, 0.25) is 0 Å². The average molecular weight is 680 g/mol. The van der Waals surface area contributed by atoms with Crippen molar-refractivity contribution in [2.45, 2.75) is 12.3 Å². The second kappa shape index (κ2) is 12.4. The molecule has 1 aliphatic rings. The molecule has 5 nitrogen and oxygen atoms in total. The first-order chi connectivity index (χ1) is 26.2. The van der Waals surface area contributed by atoms with E-state index in [2.05, 4.69) is 133 Å². The Hall–Kier alpha value is -6.98. The van der Waals surface area contributed by atoms with Gasteiger partial charge in [-0.15, -0.1) is 0 Å². The Labute approximate surface area is 307 Å². The van der Waals surface area contributed by atoms with Crippen molar-refractivity contribution in [1.82, 2.24) is 19.5 Å². The van der Waals surface area contributed by atoms with Gasteiger partial charge in [-0.3, -0.25) is 4.99 Å². The van der Waals surface area contributed by atoms with Gasteiger partial charge in [-0.2, -0.15) is 0 Å². The number of hydrogen-bond donors (Lipinski definition) is 0. The molecule has 2 aromatic heterocycles. The molecule has 1 unspecified atom stereocenters. The lowest BCUT2D eigenvalue weighted by molar-refractivity contribution is 0.797. The molecule has 1 aliphatic heterocycles. The molecule has 0 N–H and O–H groups in total. The fourth-order valence-electron chi connectivity index (χ4n) is 7.98. The lowest BCUT2D eigenvalue weighted by atomic mass is 9.71. The topological polar surface area (TPSA) is 56.0 Å². The maximum atomic E-state index is 5.43. The highest BCUT2D eigenvalue weighted by Crippen LogP contribution is 2.51. The molecular formula is C48H33N5. The molecule has 0 saturated carbocycles. The SMILES string of the molecule is CC1(c2ccccc2)C(c2ccccc2)=Nc2ccc3c4ccccc4n(-c4cccc(-c5nc(-c6ccccc6)nc(-c6ccccc6)n5)c4)c3c21. The van der Waals surface area contributed by atoms with E-state index in [1.807, 2.05) is 60.7 Å². The molecule has 9 aromatic rings. The lowest BCUT2D eigenvalue weighted by Gasteiger charge is -2.30. The third-order valence-corrected chi connectivity index (χ3v) is 10.5. The van der Waals surface area contributed by atoms with E-state index in [1.54, 1.807) is 0 Å². The minimum Gasteiger partial charge on any atom is -0.309 e. The molecular weight excluding hydrogens is 647 g/mol. The van der Waals surface area contributed by atoms with E-state index in [1.165, 1.54) is 21.9 Å². The van der Waals surface area contributed by atoms with Crippen molar-refractivity contribution in [3.8, 4) is 39.9 Å². The molecule has 0 aliphatic carbocycles. The molecule has 5 heteroatoms. The van der Waals surface area contributed by atoms with Gasteiger partial charge in [-0.05, 0) is 42.3 Å². The van der Waals surface area contributed by atoms with Gasteiger partial charge in [0, 0.05) is 38.7 Å². The number of aliphatic imine (C=N–C) groups is 1. The van der Waals surface area contributed by atoms with Crippen LogP contribution in [0.5, 0.6) is 0 Å². The van der Waals surface area contributed by atoms with Gasteiger partial charge in [0.05, 0.1) is 27.8 Å². The normalized spacial score (nSPS) is 15.1. The van der Waals surface area contributed by atoms with Gasteiger partial charge in [0.15, 0.2) is 17.5 Å². The number of aromatic nitrogens is 4. The predicted octanol–water partition coefficient (Wildman–Crippen LogP) is 11.4. The van der Waals surface area contributed by atoms with E-state index in [9.17, 15) is 0 Å². The second-order valence-electron chi connectivity index (χ2n) is 13.6. The van der Waals surface area contributed by atoms with Crippen LogP contribution in [-0.4, -0.2) is 25.2 Å². The number of para-hydroxylation sites is 1. The van der Waals surface area contributed by atoms with Crippen molar-refractivity contribution in [3.05, 3.63) is 199 Å². The van der Waals surface area contributed by atoms with Gasteiger partial charge in [0.1, 0.15) is 0 Å². The Morgan fingerprint density at radius 2 is 0.981 bits per heavy atom. The summed E-state index contributed by atoms with van der Waals surface area (Å²) >= 11 is 0. The predicted molar refractivity (Wildman–Crippen MR) is 216 cm³/mol. The van der Waals surface area contributed by atoms with Crippen LogP contribution in [0.25, 0.3) is 61.7 Å². The summed E-state index contributed by atoms with van der Waals surface area (Å²) in [6.07, 6.45) is 0. The summed E-state index contributed by atoms with van der Waals surface area (Å²) in [4.78, 5) is 20.5. The third-order valence-electron chi connectivity index (χ3n) is 10.5. The van der Waals surface area contributed by atoms with E-state index in [0.29, 0.717) is 17.5 Å². The summed E-state index contributed by atoms with van der Waals surface area (Å²) in [7, 11) is 0. The summed E-state index contributed by atoms with van der Waals surface area (Å²) in [6.45, 7) is 2.33. The highest BCUT2D eigenvalue weighted by Gasteiger charge is 2.44. The molecule has 0 spiro atoms. The summed E-state index contributed by atoms with van der Waals surface area (Å²) in [5.74, 6) is 1.90. The zero-order valence-corrected chi connectivity index (χ0v) is 29.1. The van der Waals surface area contributed by atoms with Crippen molar-refractivity contribution in [1.29, 1.82) is 0 Å². The number of hydrogen-bond acceptors (Lipinski definition) is 4. The fourth-order valence-corrected chi connectivity index (χ4v) is 7.98. The third kappa shape index (κ3) is 5.01. The van der Waals surface area contributed by atoms with Gasteiger partial charge < -0.3 is 4.57 Å². The molecule has 7 aromatic carbocycles. The molecule has 3 heterocycles. The largest absolute Gasteiger partial charge is 0.309 e. The molecule has 0 bridgehead atoms. The maximum Gasteiger partial charge on any atom is 0.164 e. The average Bonchev–Trinajstić information content (AvgIpc) is 3.74. The van der Waals surface area contributed by atoms with Crippen LogP contribution >= 0.6 is 0 Å². The second-order valence-corrected chi connectivity index (χ2v) is 13.6. The van der Waals surface area contributed by atoms with Crippen LogP contribution in [0, 0.1) is 0 Å². The Kier molecular flexibility index (Phi) is 7.18. The highest BCUT2D eigenvalue weighted by molar-refractivity contribution is 6.20. The van der Waals surface area contributed by atoms with E-state index in [0.717, 1.165) is 50.4 Å². The molecule has 250 valence electrons. The van der Waals surface area contributed by atoms with Gasteiger partial charge in [0.25, 0.3) is 0 Å². The number of benzene rings is 7. The van der Waals surface area contributed by atoms with Crippen molar-refractivity contribution < 1.29 is 0 Å². The number of rotatable bonds is 6. The summed E-state index contributed by atoms with van der Waals surface area (Å²) in [5.41, 5.74) is 11.1. The molecule has 1 atom stereocenters. The van der Waals surface area contributed by atoms with Crippen molar-refractivity contribution in [2.24, 2.45) is 4.99 Å². The number of fused-ring (bicyclic) bond motifs is 5. The highest BCUT2D eigenvalue weighted by atomic mass is 15.0. The quantitative estimate of drug-likeness (QED) is 0.176. The molecule has 0 amide bonds. The van der Waals surface area contributed by atoms with Gasteiger partial charge in [0.2, 0.25) is 0 Å². The van der Waals surface area contributed by atoms with Crippen LogP contribution in [0.3, 0.4) is 0 Å². The van der Waals surface area contributed by atoms with Crippen LogP contribution < -0.4 is 0 Å². The molecule has 53 heavy (non-hydrogen) atoms. The molecule has 0 radical (unpaired) electrons. The van der Waals surface area contributed by atoms with E-state index >= 15 is 0 Å². The zero-order valence-electron chi connectivity index (χ0n) is 29.1. The summed E-state index contributed by atoms with van der Waals surface area (Å²) in [6, 6.07) is 63.3. The molecule has 0 fully saturated rings. The van der Waals surface area contributed by atoms with Crippen molar-refractivity contribution >= 4 is 33.2 Å². The lowest BCUT2D eigenvalue weighted by Crippen LogP contribution is -2.32. The van der Waals surface area contributed by atoms with Crippen LogP contribution in [0.1, 0.15) is 23.6 Å². The first kappa shape index (κ1) is 30.8. The number of nitrogens with zero attached hydrogens (tertiary/aromatic N) is 5. The fraction of sp³-hybridized carbons (Fsp3) is 0.0417. The van der Waals surface area contributed by atoms with Gasteiger partial charge in [-0.25, -0.2) is 15.0 Å². The standard InChI is InChI=1S/C48H33N5/c1-48(36-24-12-5-13-25-36)42-40(49-44(48)32-17-6-2-7-18-32)30-29-39-38-27-14-15-28-41(38)53(43(39)42)37-26-16-23-35(31-37)47-51-45(33-19-8-3-9-20-33)50-46(52-47)34-21-10-4-11-22-34/h2-31H,1H3. The smallest absolute Gasteiger partial charge is 0.164 e. The van der Waals surface area contributed by atoms with E-state index < -0.39 is 5.41 Å². The van der Waals surface area contributed by atoms with Crippen molar-refractivity contribution in [3.63, 3.8) is 0 Å². The van der Waals surface area contributed by atoms with Crippen LogP contribution in [0.4, 0.5) is 5.69 Å². The Morgan fingerprint density at radius 1 is 0.453 bits per heavy atom. The molecule has 10 rings (SSSR count). The Balaban J connectivity index is 1.23. The summed E-state index contributed by atoms with van der Waals surface area (Å²) in [5, 5.41) is 2.38. The minimum atomic E-state index is -0.523. The first-order valence-corrected chi connectivity index (χ1v) is 17.9. The summed E-state index contributed by atoms with van der Waals surface area (Å²) < 4.78 is 2.41. The maximum absolute atomic E-state index is 5.43. The monoisotopic (exact) mass is 679 g/mol. The first-order valence-electron chi connectivity index (χ1n) is 17.9. The van der Waals surface area contributed by atoms with E-state index in [-0.39, 0.29) is 0 Å². The Morgan fingerprint density at radius 3 is 1.62 bits per heavy atom. The molecule has 0 saturated heterocycles. The van der Waals surface area contributed by atoms with Crippen LogP contribution in [-0.2, 0) is 5.41 Å². The zero-order chi connectivity index (χ0) is 35.4. The Bertz CT molecular complexity index is 2770.